The van der Waals surface area contributed by atoms with Crippen LogP contribution in [0.4, 0.5) is 0 Å². The zero-order chi connectivity index (χ0) is 18.5. The zero-order valence-electron chi connectivity index (χ0n) is 15.6. The normalized spacial score (nSPS) is 14.4. The largest absolute Gasteiger partial charge is 0.339 e. The molecular weight excluding hydrogens is 324 g/mol. The predicted octanol–water partition coefficient (Wildman–Crippen LogP) is 2.76. The summed E-state index contributed by atoms with van der Waals surface area (Å²) in [5.74, 6) is 0.279. The summed E-state index contributed by atoms with van der Waals surface area (Å²) in [5, 5.41) is 0. The summed E-state index contributed by atoms with van der Waals surface area (Å²) in [6, 6.07) is 16.1. The monoisotopic (exact) mass is 350 g/mol. The molecule has 26 heavy (non-hydrogen) atoms. The summed E-state index contributed by atoms with van der Waals surface area (Å²) in [7, 11) is 0. The fourth-order valence-corrected chi connectivity index (χ4v) is 3.31. The second-order valence-corrected chi connectivity index (χ2v) is 7.09. The third-order valence-corrected chi connectivity index (χ3v) is 4.90. The number of nitrogens with zero attached hydrogens (tertiary/aromatic N) is 2. The highest BCUT2D eigenvalue weighted by atomic mass is 16.2. The summed E-state index contributed by atoms with van der Waals surface area (Å²) in [5.41, 5.74) is 4.45. The van der Waals surface area contributed by atoms with Crippen LogP contribution in [0.25, 0.3) is 0 Å². The Morgan fingerprint density at radius 3 is 1.81 bits per heavy atom. The van der Waals surface area contributed by atoms with E-state index in [0.717, 1.165) is 11.1 Å². The lowest BCUT2D eigenvalue weighted by molar-refractivity contribution is -0.138. The van der Waals surface area contributed by atoms with Gasteiger partial charge in [0.15, 0.2) is 0 Å². The van der Waals surface area contributed by atoms with Crippen molar-refractivity contribution in [1.29, 1.82) is 0 Å². The molecule has 0 aromatic heterocycles. The molecular formula is C22H26N2O2. The number of benzene rings is 2. The van der Waals surface area contributed by atoms with Crippen molar-refractivity contribution in [3.63, 3.8) is 0 Å². The highest BCUT2D eigenvalue weighted by molar-refractivity contribution is 5.81. The summed E-state index contributed by atoms with van der Waals surface area (Å²) in [4.78, 5) is 28.7. The number of carbonyl (C=O) groups is 2. The molecule has 0 aliphatic carbocycles. The van der Waals surface area contributed by atoms with Crippen LogP contribution in [-0.4, -0.2) is 47.8 Å². The quantitative estimate of drug-likeness (QED) is 0.851. The van der Waals surface area contributed by atoms with Gasteiger partial charge in [-0.15, -0.1) is 0 Å². The molecule has 1 heterocycles. The van der Waals surface area contributed by atoms with Gasteiger partial charge in [-0.05, 0) is 25.0 Å². The van der Waals surface area contributed by atoms with Crippen molar-refractivity contribution in [2.75, 3.05) is 26.2 Å². The fraction of sp³-hybridized carbons (Fsp3) is 0.364. The molecule has 1 aliphatic heterocycles. The van der Waals surface area contributed by atoms with Crippen LogP contribution >= 0.6 is 0 Å². The molecule has 2 aromatic rings. The van der Waals surface area contributed by atoms with Gasteiger partial charge in [0.05, 0.1) is 12.8 Å². The van der Waals surface area contributed by atoms with Crippen molar-refractivity contribution in [2.45, 2.75) is 26.7 Å². The van der Waals surface area contributed by atoms with Crippen LogP contribution in [0.3, 0.4) is 0 Å². The molecule has 4 heteroatoms. The smallest absolute Gasteiger partial charge is 0.227 e. The third-order valence-electron chi connectivity index (χ3n) is 4.90. The second kappa shape index (κ2) is 8.17. The van der Waals surface area contributed by atoms with Crippen molar-refractivity contribution in [3.05, 3.63) is 70.8 Å². The maximum atomic E-state index is 12.5. The third kappa shape index (κ3) is 4.72. The molecule has 0 bridgehead atoms. The second-order valence-electron chi connectivity index (χ2n) is 7.09. The van der Waals surface area contributed by atoms with E-state index in [1.807, 2.05) is 66.1 Å². The molecule has 1 saturated heterocycles. The number of aryl methyl sites for hydroxylation is 2. The van der Waals surface area contributed by atoms with Gasteiger partial charge >= 0.3 is 0 Å². The number of amides is 2. The first kappa shape index (κ1) is 18.2. The Morgan fingerprint density at radius 2 is 1.27 bits per heavy atom. The lowest BCUT2D eigenvalue weighted by Crippen LogP contribution is -2.51. The van der Waals surface area contributed by atoms with Gasteiger partial charge in [0.1, 0.15) is 0 Å². The Hall–Kier alpha value is -2.62. The van der Waals surface area contributed by atoms with Crippen LogP contribution < -0.4 is 0 Å². The van der Waals surface area contributed by atoms with E-state index in [1.165, 1.54) is 11.1 Å². The minimum Gasteiger partial charge on any atom is -0.339 e. The van der Waals surface area contributed by atoms with Gasteiger partial charge in [-0.25, -0.2) is 0 Å². The molecule has 0 unspecified atom stereocenters. The van der Waals surface area contributed by atoms with E-state index in [2.05, 4.69) is 6.07 Å². The van der Waals surface area contributed by atoms with E-state index in [4.69, 9.17) is 0 Å². The first-order valence-electron chi connectivity index (χ1n) is 9.18. The van der Waals surface area contributed by atoms with Crippen LogP contribution in [-0.2, 0) is 22.4 Å². The van der Waals surface area contributed by atoms with E-state index in [9.17, 15) is 9.59 Å². The summed E-state index contributed by atoms with van der Waals surface area (Å²) in [6.07, 6.45) is 0.858. The molecule has 1 fully saturated rings. The highest BCUT2D eigenvalue weighted by Gasteiger charge is 2.24. The van der Waals surface area contributed by atoms with E-state index in [-0.39, 0.29) is 11.8 Å². The van der Waals surface area contributed by atoms with Gasteiger partial charge in [-0.2, -0.15) is 0 Å². The van der Waals surface area contributed by atoms with Crippen LogP contribution in [0.2, 0.25) is 0 Å². The molecule has 4 nitrogen and oxygen atoms in total. The average Bonchev–Trinajstić information content (AvgIpc) is 2.64. The van der Waals surface area contributed by atoms with Crippen molar-refractivity contribution in [3.8, 4) is 0 Å². The minimum absolute atomic E-state index is 0.139. The maximum Gasteiger partial charge on any atom is 0.227 e. The average molecular weight is 350 g/mol. The van der Waals surface area contributed by atoms with E-state index >= 15 is 0 Å². The van der Waals surface area contributed by atoms with Crippen molar-refractivity contribution in [1.82, 2.24) is 9.80 Å². The van der Waals surface area contributed by atoms with Crippen molar-refractivity contribution in [2.24, 2.45) is 0 Å². The van der Waals surface area contributed by atoms with Gasteiger partial charge < -0.3 is 9.80 Å². The van der Waals surface area contributed by atoms with E-state index < -0.39 is 0 Å². The van der Waals surface area contributed by atoms with E-state index in [0.29, 0.717) is 39.0 Å². The van der Waals surface area contributed by atoms with Crippen LogP contribution in [0, 0.1) is 13.8 Å². The Labute approximate surface area is 155 Å². The molecule has 0 N–H and O–H groups in total. The van der Waals surface area contributed by atoms with Crippen LogP contribution in [0.1, 0.15) is 22.3 Å². The van der Waals surface area contributed by atoms with E-state index in [1.54, 1.807) is 0 Å². The van der Waals surface area contributed by atoms with Gasteiger partial charge in [0.25, 0.3) is 0 Å². The van der Waals surface area contributed by atoms with Gasteiger partial charge in [-0.1, -0.05) is 59.7 Å². The summed E-state index contributed by atoms with van der Waals surface area (Å²) < 4.78 is 0. The molecule has 2 amide bonds. The zero-order valence-corrected chi connectivity index (χ0v) is 15.6. The Bertz CT molecular complexity index is 775. The van der Waals surface area contributed by atoms with Crippen molar-refractivity contribution >= 4 is 11.8 Å². The Balaban J connectivity index is 1.49. The van der Waals surface area contributed by atoms with Gasteiger partial charge in [0.2, 0.25) is 11.8 Å². The number of rotatable bonds is 4. The molecule has 2 aromatic carbocycles. The summed E-state index contributed by atoms with van der Waals surface area (Å²) >= 11 is 0. The van der Waals surface area contributed by atoms with Crippen LogP contribution in [0.15, 0.2) is 48.5 Å². The van der Waals surface area contributed by atoms with Crippen LogP contribution in [0.5, 0.6) is 0 Å². The molecule has 0 atom stereocenters. The standard InChI is InChI=1S/C22H26N2O2/c1-17-6-8-19(9-7-17)15-21(25)23-10-12-24(13-11-23)22(26)16-20-5-3-4-18(2)14-20/h3-9,14H,10-13,15-16H2,1-2H3. The molecule has 0 spiro atoms. The molecule has 3 rings (SSSR count). The topological polar surface area (TPSA) is 40.6 Å². The first-order valence-corrected chi connectivity index (χ1v) is 9.18. The molecule has 136 valence electrons. The Kier molecular flexibility index (Phi) is 5.71. The lowest BCUT2D eigenvalue weighted by atomic mass is 10.1. The SMILES string of the molecule is Cc1ccc(CC(=O)N2CCN(C(=O)Cc3cccc(C)c3)CC2)cc1. The number of hydrogen-bond donors (Lipinski definition) is 0. The minimum atomic E-state index is 0.139. The predicted molar refractivity (Wildman–Crippen MR) is 103 cm³/mol. The molecule has 0 radical (unpaired) electrons. The van der Waals surface area contributed by atoms with Crippen molar-refractivity contribution < 1.29 is 9.59 Å². The number of hydrogen-bond acceptors (Lipinski definition) is 2. The fourth-order valence-electron chi connectivity index (χ4n) is 3.31. The van der Waals surface area contributed by atoms with Gasteiger partial charge in [-0.3, -0.25) is 9.59 Å². The Morgan fingerprint density at radius 1 is 0.731 bits per heavy atom. The molecule has 0 saturated carbocycles. The number of piperazine rings is 1. The number of carbonyl (C=O) groups excluding carboxylic acids is 2. The lowest BCUT2D eigenvalue weighted by Gasteiger charge is -2.35. The maximum absolute atomic E-state index is 12.5. The highest BCUT2D eigenvalue weighted by Crippen LogP contribution is 2.11. The molecule has 1 aliphatic rings. The van der Waals surface area contributed by atoms with Gasteiger partial charge in [0, 0.05) is 26.2 Å². The first-order chi connectivity index (χ1) is 12.5. The summed E-state index contributed by atoms with van der Waals surface area (Å²) in [6.45, 7) is 6.54.